The number of hydrogen-bond donors (Lipinski definition) is 1. The molecule has 2 aromatic carbocycles. The summed E-state index contributed by atoms with van der Waals surface area (Å²) in [6, 6.07) is 12.0. The predicted molar refractivity (Wildman–Crippen MR) is 126 cm³/mol. The van der Waals surface area contributed by atoms with Crippen molar-refractivity contribution >= 4 is 3.87 Å². The van der Waals surface area contributed by atoms with Crippen LogP contribution >= 0.6 is 0 Å². The average Bonchev–Trinajstić information content (AvgIpc) is 2.87. The third-order valence-corrected chi connectivity index (χ3v) is 11.1. The molecule has 1 aliphatic carbocycles. The Hall–Kier alpha value is -0.886. The second kappa shape index (κ2) is 7.08. The first-order valence-electron chi connectivity index (χ1n) is 11.1. The molecule has 0 unspecified atom stereocenters. The molecule has 0 heterocycles. The van der Waals surface area contributed by atoms with Gasteiger partial charge in [0.1, 0.15) is 0 Å². The van der Waals surface area contributed by atoms with Crippen molar-refractivity contribution < 1.29 is 16.8 Å². The van der Waals surface area contributed by atoms with Crippen LogP contribution in [0.5, 0.6) is 0 Å². The molecule has 0 amide bonds. The van der Waals surface area contributed by atoms with Gasteiger partial charge in [-0.1, -0.05) is 0 Å². The van der Waals surface area contributed by atoms with E-state index in [1.807, 2.05) is 0 Å². The number of nitrogens with one attached hydrogen (secondary N) is 1. The van der Waals surface area contributed by atoms with Crippen LogP contribution in [-0.2, 0) is 34.1 Å². The van der Waals surface area contributed by atoms with Crippen molar-refractivity contribution in [3.05, 3.63) is 52.6 Å². The van der Waals surface area contributed by atoms with Crippen molar-refractivity contribution in [2.75, 3.05) is 0 Å². The van der Waals surface area contributed by atoms with Crippen LogP contribution in [-0.4, -0.2) is 5.54 Å². The second-order valence-corrected chi connectivity index (χ2v) is 18.8. The van der Waals surface area contributed by atoms with Crippen LogP contribution in [0.25, 0.3) is 11.1 Å². The Kier molecular flexibility index (Phi) is 5.56. The van der Waals surface area contributed by atoms with E-state index in [1.54, 1.807) is 15.0 Å². The average molecular weight is 427 g/mol. The Morgan fingerprint density at radius 2 is 1.34 bits per heavy atom. The Labute approximate surface area is 183 Å². The van der Waals surface area contributed by atoms with Gasteiger partial charge in [0.15, 0.2) is 0 Å². The van der Waals surface area contributed by atoms with Crippen LogP contribution < -0.4 is 7.67 Å². The zero-order chi connectivity index (χ0) is 22.0. The zero-order valence-corrected chi connectivity index (χ0v) is 22.2. The van der Waals surface area contributed by atoms with Crippen LogP contribution in [0.15, 0.2) is 30.3 Å². The van der Waals surface area contributed by atoms with Gasteiger partial charge in [0, 0.05) is 0 Å². The molecule has 2 heteroatoms. The molecule has 0 spiro atoms. The van der Waals surface area contributed by atoms with E-state index in [9.17, 15) is 0 Å². The summed E-state index contributed by atoms with van der Waals surface area (Å²) < 4.78 is 5.78. The third-order valence-electron chi connectivity index (χ3n) is 6.06. The normalized spacial score (nSPS) is 14.7. The molecule has 0 atom stereocenters. The predicted octanol–water partition coefficient (Wildman–Crippen LogP) is 7.03. The monoisotopic (exact) mass is 427 g/mol. The Morgan fingerprint density at radius 3 is 1.86 bits per heavy atom. The third kappa shape index (κ3) is 4.58. The first-order chi connectivity index (χ1) is 13.0. The maximum absolute atomic E-state index is 4.10. The molecule has 0 saturated heterocycles. The van der Waals surface area contributed by atoms with E-state index in [0.29, 0.717) is 0 Å². The number of fused-ring (bicyclic) bond motifs is 3. The Bertz CT molecular complexity index is 931. The van der Waals surface area contributed by atoms with E-state index in [4.69, 9.17) is 0 Å². The quantitative estimate of drug-likeness (QED) is 0.433. The molecule has 0 aliphatic heterocycles. The molecule has 29 heavy (non-hydrogen) atoms. The summed E-state index contributed by atoms with van der Waals surface area (Å²) in [6.45, 7) is 21.0. The van der Waals surface area contributed by atoms with E-state index in [1.165, 1.54) is 22.3 Å². The van der Waals surface area contributed by atoms with E-state index in [-0.39, 0.29) is 16.4 Å². The molecule has 1 nitrogen and oxygen atoms in total. The van der Waals surface area contributed by atoms with E-state index < -0.39 is 16.8 Å². The SMILES string of the molecule is CC(C)(C)[NH][Ti]([CH3])([CH3])[c]1c(C(C)(C)C)ccc2c1Cc1cc(C(C)(C)C)ccc1-2. The summed E-state index contributed by atoms with van der Waals surface area (Å²) in [5, 5.41) is 5.08. The molecule has 0 fully saturated rings. The summed E-state index contributed by atoms with van der Waals surface area (Å²) in [5.74, 6) is 0. The molecule has 158 valence electrons. The van der Waals surface area contributed by atoms with Crippen LogP contribution in [0.2, 0.25) is 10.5 Å². The fraction of sp³-hybridized carbons (Fsp3) is 0.556. The topological polar surface area (TPSA) is 12.0 Å². The van der Waals surface area contributed by atoms with Crippen molar-refractivity contribution in [2.45, 2.75) is 95.6 Å². The van der Waals surface area contributed by atoms with Gasteiger partial charge in [-0.3, -0.25) is 0 Å². The van der Waals surface area contributed by atoms with Gasteiger partial charge >= 0.3 is 184 Å². The van der Waals surface area contributed by atoms with Gasteiger partial charge in [0.2, 0.25) is 0 Å². The Balaban J connectivity index is 2.23. The fourth-order valence-corrected chi connectivity index (χ4v) is 11.5. The molecular weight excluding hydrogens is 386 g/mol. The van der Waals surface area contributed by atoms with Crippen LogP contribution in [0.1, 0.15) is 84.6 Å². The van der Waals surface area contributed by atoms with E-state index in [2.05, 4.69) is 107 Å². The van der Waals surface area contributed by atoms with Crippen molar-refractivity contribution in [1.29, 1.82) is 0 Å². The van der Waals surface area contributed by atoms with Gasteiger partial charge in [-0.05, 0) is 0 Å². The minimum atomic E-state index is -2.48. The summed E-state index contributed by atoms with van der Waals surface area (Å²) in [4.78, 5) is 0. The van der Waals surface area contributed by atoms with Gasteiger partial charge in [-0.25, -0.2) is 0 Å². The summed E-state index contributed by atoms with van der Waals surface area (Å²) in [5.41, 5.74) is 9.48. The van der Waals surface area contributed by atoms with Gasteiger partial charge in [-0.15, -0.1) is 0 Å². The summed E-state index contributed by atoms with van der Waals surface area (Å²) in [7, 11) is 0. The van der Waals surface area contributed by atoms with Crippen molar-refractivity contribution in [3.8, 4) is 11.1 Å². The number of hydrogen-bond acceptors (Lipinski definition) is 1. The molecule has 0 aromatic heterocycles. The zero-order valence-electron chi connectivity index (χ0n) is 20.6. The number of benzene rings is 2. The molecule has 1 aliphatic rings. The second-order valence-electron chi connectivity index (χ2n) is 12.6. The van der Waals surface area contributed by atoms with E-state index >= 15 is 0 Å². The molecule has 2 aromatic rings. The summed E-state index contributed by atoms with van der Waals surface area (Å²) in [6.07, 6.45) is 1.08. The maximum atomic E-state index is 4.10. The molecule has 0 saturated carbocycles. The first-order valence-corrected chi connectivity index (χ1v) is 15.8. The molecule has 0 radical (unpaired) electrons. The van der Waals surface area contributed by atoms with Gasteiger partial charge in [0.05, 0.1) is 0 Å². The van der Waals surface area contributed by atoms with Crippen molar-refractivity contribution in [2.24, 2.45) is 0 Å². The molecule has 1 N–H and O–H groups in total. The van der Waals surface area contributed by atoms with Gasteiger partial charge < -0.3 is 0 Å². The van der Waals surface area contributed by atoms with Crippen LogP contribution in [0, 0.1) is 0 Å². The van der Waals surface area contributed by atoms with Gasteiger partial charge in [0.25, 0.3) is 0 Å². The van der Waals surface area contributed by atoms with Crippen LogP contribution in [0.3, 0.4) is 0 Å². The minimum absolute atomic E-state index is 0.131. The molecule has 0 bridgehead atoms. The van der Waals surface area contributed by atoms with Crippen molar-refractivity contribution in [3.63, 3.8) is 0 Å². The molecule has 3 rings (SSSR count). The van der Waals surface area contributed by atoms with E-state index in [0.717, 1.165) is 6.42 Å². The van der Waals surface area contributed by atoms with Crippen LogP contribution in [0.4, 0.5) is 0 Å². The first kappa shape index (κ1) is 22.8. The molecular formula is C27H41NTi. The number of rotatable bonds is 2. The summed E-state index contributed by atoms with van der Waals surface area (Å²) >= 11 is -2.48. The van der Waals surface area contributed by atoms with Gasteiger partial charge in [-0.2, -0.15) is 0 Å². The Morgan fingerprint density at radius 1 is 0.759 bits per heavy atom. The fourth-order valence-electron chi connectivity index (χ4n) is 5.08. The standard InChI is InChI=1S/C21H25.C4H10N.2CH3.Ti/c1-20(2,3)16-7-9-18-14(12-16)11-15-13-17(21(4,5)6)8-10-19(15)18;1-4(2,3)5;;;/h7-10,12H,11H2,1-6H3;5H,1-3H3;2*1H3;/q;-1;;;+1. The van der Waals surface area contributed by atoms with Crippen molar-refractivity contribution in [1.82, 2.24) is 3.80 Å².